The van der Waals surface area contributed by atoms with Crippen LogP contribution < -0.4 is 5.32 Å². The Bertz CT molecular complexity index is 352. The first-order valence-corrected chi connectivity index (χ1v) is 6.27. The van der Waals surface area contributed by atoms with E-state index in [4.69, 9.17) is 0 Å². The molecule has 1 rings (SSSR count). The third-order valence-corrected chi connectivity index (χ3v) is 3.15. The number of rotatable bonds is 4. The standard InChI is InChI=1S/C11H17F3N2S/c1-10(2,3)16-6-4-5-8-7-15-9(17-8)11(12,13)14/h7,16H,4-6H2,1-3H3. The molecule has 1 aromatic rings. The van der Waals surface area contributed by atoms with E-state index in [-0.39, 0.29) is 5.54 Å². The average molecular weight is 266 g/mol. The lowest BCUT2D eigenvalue weighted by atomic mass is 10.1. The van der Waals surface area contributed by atoms with Crippen LogP contribution in [0.2, 0.25) is 0 Å². The van der Waals surface area contributed by atoms with Crippen LogP contribution in [0.4, 0.5) is 13.2 Å². The predicted molar refractivity (Wildman–Crippen MR) is 63.2 cm³/mol. The summed E-state index contributed by atoms with van der Waals surface area (Å²) in [7, 11) is 0. The second-order valence-electron chi connectivity index (χ2n) is 4.91. The minimum Gasteiger partial charge on any atom is -0.312 e. The molecule has 0 aliphatic rings. The van der Waals surface area contributed by atoms with Crippen LogP contribution >= 0.6 is 11.3 Å². The number of aromatic nitrogens is 1. The molecule has 0 saturated heterocycles. The SMILES string of the molecule is CC(C)(C)NCCCc1cnc(C(F)(F)F)s1. The Morgan fingerprint density at radius 3 is 2.41 bits per heavy atom. The van der Waals surface area contributed by atoms with E-state index in [2.05, 4.69) is 31.1 Å². The van der Waals surface area contributed by atoms with Gasteiger partial charge in [-0.05, 0) is 40.2 Å². The summed E-state index contributed by atoms with van der Waals surface area (Å²) in [6.07, 6.45) is -1.54. The zero-order chi connectivity index (χ0) is 13.1. The second-order valence-corrected chi connectivity index (χ2v) is 6.03. The number of hydrogen-bond donors (Lipinski definition) is 1. The van der Waals surface area contributed by atoms with Crippen molar-refractivity contribution in [2.45, 2.75) is 45.3 Å². The van der Waals surface area contributed by atoms with Gasteiger partial charge in [-0.25, -0.2) is 4.98 Å². The summed E-state index contributed by atoms with van der Waals surface area (Å²) in [6, 6.07) is 0. The summed E-state index contributed by atoms with van der Waals surface area (Å²) < 4.78 is 36.8. The van der Waals surface area contributed by atoms with Gasteiger partial charge in [0.25, 0.3) is 0 Å². The minimum atomic E-state index is -4.31. The van der Waals surface area contributed by atoms with Crippen LogP contribution in [0, 0.1) is 0 Å². The number of alkyl halides is 3. The molecule has 2 nitrogen and oxygen atoms in total. The van der Waals surface area contributed by atoms with Gasteiger partial charge in [-0.15, -0.1) is 11.3 Å². The van der Waals surface area contributed by atoms with E-state index in [0.717, 1.165) is 24.3 Å². The van der Waals surface area contributed by atoms with Gasteiger partial charge in [-0.3, -0.25) is 0 Å². The molecular formula is C11H17F3N2S. The lowest BCUT2D eigenvalue weighted by Gasteiger charge is -2.20. The first kappa shape index (κ1) is 14.4. The molecule has 0 unspecified atom stereocenters. The second kappa shape index (κ2) is 5.35. The van der Waals surface area contributed by atoms with Crippen LogP contribution in [0.5, 0.6) is 0 Å². The van der Waals surface area contributed by atoms with E-state index < -0.39 is 11.2 Å². The Hall–Kier alpha value is -0.620. The van der Waals surface area contributed by atoms with Gasteiger partial charge in [0, 0.05) is 16.6 Å². The van der Waals surface area contributed by atoms with Crippen molar-refractivity contribution in [1.82, 2.24) is 10.3 Å². The van der Waals surface area contributed by atoms with Crippen LogP contribution in [0.1, 0.15) is 37.1 Å². The van der Waals surface area contributed by atoms with Gasteiger partial charge in [-0.1, -0.05) is 0 Å². The maximum absolute atomic E-state index is 12.3. The van der Waals surface area contributed by atoms with E-state index in [1.165, 1.54) is 6.20 Å². The Morgan fingerprint density at radius 2 is 1.94 bits per heavy atom. The van der Waals surface area contributed by atoms with Crippen molar-refractivity contribution in [2.24, 2.45) is 0 Å². The van der Waals surface area contributed by atoms with Gasteiger partial charge >= 0.3 is 6.18 Å². The molecule has 0 spiro atoms. The van der Waals surface area contributed by atoms with Gasteiger partial charge in [0.15, 0.2) is 5.01 Å². The van der Waals surface area contributed by atoms with Crippen LogP contribution in [0.15, 0.2) is 6.20 Å². The molecule has 6 heteroatoms. The Balaban J connectivity index is 2.36. The lowest BCUT2D eigenvalue weighted by Crippen LogP contribution is -2.36. The van der Waals surface area contributed by atoms with Crippen LogP contribution in [-0.2, 0) is 12.6 Å². The first-order chi connectivity index (χ1) is 7.68. The number of aryl methyl sites for hydroxylation is 1. The van der Waals surface area contributed by atoms with E-state index in [9.17, 15) is 13.2 Å². The maximum Gasteiger partial charge on any atom is 0.443 e. The Morgan fingerprint density at radius 1 is 1.29 bits per heavy atom. The van der Waals surface area contributed by atoms with Gasteiger partial charge in [0.1, 0.15) is 0 Å². The van der Waals surface area contributed by atoms with Crippen molar-refractivity contribution in [3.05, 3.63) is 16.1 Å². The van der Waals surface area contributed by atoms with Crippen LogP contribution in [-0.4, -0.2) is 17.1 Å². The number of halogens is 3. The molecule has 1 aromatic heterocycles. The Kier molecular flexibility index (Phi) is 4.55. The van der Waals surface area contributed by atoms with Crippen LogP contribution in [0.3, 0.4) is 0 Å². The van der Waals surface area contributed by atoms with Crippen molar-refractivity contribution in [3.63, 3.8) is 0 Å². The fourth-order valence-electron chi connectivity index (χ4n) is 1.28. The number of hydrogen-bond acceptors (Lipinski definition) is 3. The molecular weight excluding hydrogens is 249 g/mol. The van der Waals surface area contributed by atoms with Crippen LogP contribution in [0.25, 0.3) is 0 Å². The normalized spacial score (nSPS) is 13.1. The Labute approximate surface area is 103 Å². The molecule has 0 aromatic carbocycles. The topological polar surface area (TPSA) is 24.9 Å². The largest absolute Gasteiger partial charge is 0.443 e. The fourth-order valence-corrected chi connectivity index (χ4v) is 2.10. The molecule has 17 heavy (non-hydrogen) atoms. The maximum atomic E-state index is 12.3. The zero-order valence-corrected chi connectivity index (χ0v) is 11.0. The molecule has 98 valence electrons. The monoisotopic (exact) mass is 266 g/mol. The zero-order valence-electron chi connectivity index (χ0n) is 10.2. The molecule has 0 aliphatic carbocycles. The summed E-state index contributed by atoms with van der Waals surface area (Å²) in [5.41, 5.74) is 0.0465. The summed E-state index contributed by atoms with van der Waals surface area (Å²) >= 11 is 0.734. The molecule has 0 atom stereocenters. The smallest absolute Gasteiger partial charge is 0.312 e. The molecule has 0 bridgehead atoms. The molecule has 0 saturated carbocycles. The number of thiazole rings is 1. The quantitative estimate of drug-likeness (QED) is 0.844. The third-order valence-electron chi connectivity index (χ3n) is 2.05. The summed E-state index contributed by atoms with van der Waals surface area (Å²) in [4.78, 5) is 4.08. The summed E-state index contributed by atoms with van der Waals surface area (Å²) in [6.45, 7) is 6.97. The van der Waals surface area contributed by atoms with E-state index in [1.807, 2.05) is 0 Å². The molecule has 0 aliphatic heterocycles. The molecule has 1 N–H and O–H groups in total. The molecule has 0 amide bonds. The van der Waals surface area contributed by atoms with Crippen molar-refractivity contribution < 1.29 is 13.2 Å². The lowest BCUT2D eigenvalue weighted by molar-refractivity contribution is -0.137. The van der Waals surface area contributed by atoms with E-state index >= 15 is 0 Å². The van der Waals surface area contributed by atoms with Crippen molar-refractivity contribution in [1.29, 1.82) is 0 Å². The first-order valence-electron chi connectivity index (χ1n) is 5.45. The summed E-state index contributed by atoms with van der Waals surface area (Å²) in [5, 5.41) is 2.54. The van der Waals surface area contributed by atoms with Gasteiger partial charge in [0.2, 0.25) is 0 Å². The highest BCUT2D eigenvalue weighted by molar-refractivity contribution is 7.11. The highest BCUT2D eigenvalue weighted by atomic mass is 32.1. The summed E-state index contributed by atoms with van der Waals surface area (Å²) in [5.74, 6) is 0. The van der Waals surface area contributed by atoms with Crippen molar-refractivity contribution >= 4 is 11.3 Å². The number of nitrogens with one attached hydrogen (secondary N) is 1. The number of nitrogens with zero attached hydrogens (tertiary/aromatic N) is 1. The molecule has 1 heterocycles. The minimum absolute atomic E-state index is 0.0465. The van der Waals surface area contributed by atoms with Gasteiger partial charge < -0.3 is 5.32 Å². The fraction of sp³-hybridized carbons (Fsp3) is 0.727. The van der Waals surface area contributed by atoms with Gasteiger partial charge in [-0.2, -0.15) is 13.2 Å². The van der Waals surface area contributed by atoms with E-state index in [0.29, 0.717) is 11.3 Å². The average Bonchev–Trinajstić information content (AvgIpc) is 2.58. The molecule has 0 fully saturated rings. The van der Waals surface area contributed by atoms with E-state index in [1.54, 1.807) is 0 Å². The van der Waals surface area contributed by atoms with Gasteiger partial charge in [0.05, 0.1) is 0 Å². The predicted octanol–water partition coefficient (Wildman–Crippen LogP) is 3.48. The van der Waals surface area contributed by atoms with Crippen molar-refractivity contribution in [2.75, 3.05) is 6.54 Å². The third kappa shape index (κ3) is 5.50. The molecule has 0 radical (unpaired) electrons. The highest BCUT2D eigenvalue weighted by Crippen LogP contribution is 2.32. The van der Waals surface area contributed by atoms with Crippen molar-refractivity contribution in [3.8, 4) is 0 Å². The highest BCUT2D eigenvalue weighted by Gasteiger charge is 2.34.